The lowest BCUT2D eigenvalue weighted by molar-refractivity contribution is 0.381. The van der Waals surface area contributed by atoms with Gasteiger partial charge in [0.15, 0.2) is 11.6 Å². The standard InChI is InChI=1S/C12H15FN4O/c1-17-7-8(6-15-17)12(16-14)9-4-3-5-10(18-2)11(9)13/h3-7,12,16H,14H2,1-2H3. The lowest BCUT2D eigenvalue weighted by atomic mass is 10.0. The maximum absolute atomic E-state index is 14.2. The second kappa shape index (κ2) is 5.16. The monoisotopic (exact) mass is 250 g/mol. The van der Waals surface area contributed by atoms with Crippen molar-refractivity contribution in [3.63, 3.8) is 0 Å². The van der Waals surface area contributed by atoms with E-state index in [-0.39, 0.29) is 5.75 Å². The number of aromatic nitrogens is 2. The van der Waals surface area contributed by atoms with Crippen LogP contribution in [0.4, 0.5) is 4.39 Å². The van der Waals surface area contributed by atoms with Crippen molar-refractivity contribution in [1.82, 2.24) is 15.2 Å². The first-order valence-electron chi connectivity index (χ1n) is 5.44. The topological polar surface area (TPSA) is 65.1 Å². The van der Waals surface area contributed by atoms with Gasteiger partial charge in [0, 0.05) is 24.4 Å². The number of nitrogens with zero attached hydrogens (tertiary/aromatic N) is 2. The van der Waals surface area contributed by atoms with Gasteiger partial charge in [0.05, 0.1) is 19.3 Å². The van der Waals surface area contributed by atoms with E-state index in [2.05, 4.69) is 10.5 Å². The Hall–Kier alpha value is -1.92. The van der Waals surface area contributed by atoms with Gasteiger partial charge in [0.25, 0.3) is 0 Å². The fourth-order valence-corrected chi connectivity index (χ4v) is 1.86. The highest BCUT2D eigenvalue weighted by Crippen LogP contribution is 2.28. The zero-order chi connectivity index (χ0) is 13.1. The summed E-state index contributed by atoms with van der Waals surface area (Å²) >= 11 is 0. The van der Waals surface area contributed by atoms with Crippen LogP contribution >= 0.6 is 0 Å². The van der Waals surface area contributed by atoms with Gasteiger partial charge in [-0.2, -0.15) is 5.10 Å². The van der Waals surface area contributed by atoms with Crippen molar-refractivity contribution in [3.8, 4) is 5.75 Å². The van der Waals surface area contributed by atoms with Crippen LogP contribution in [0.2, 0.25) is 0 Å². The summed E-state index contributed by atoms with van der Waals surface area (Å²) in [5.74, 6) is 5.28. The molecule has 5 nitrogen and oxygen atoms in total. The molecule has 0 saturated heterocycles. The van der Waals surface area contributed by atoms with E-state index in [0.29, 0.717) is 5.56 Å². The lowest BCUT2D eigenvalue weighted by Gasteiger charge is -2.16. The van der Waals surface area contributed by atoms with Crippen molar-refractivity contribution in [2.24, 2.45) is 12.9 Å². The van der Waals surface area contributed by atoms with Crippen molar-refractivity contribution < 1.29 is 9.13 Å². The van der Waals surface area contributed by atoms with Crippen LogP contribution in [-0.2, 0) is 7.05 Å². The van der Waals surface area contributed by atoms with Gasteiger partial charge in [-0.1, -0.05) is 12.1 Å². The Morgan fingerprint density at radius 1 is 1.50 bits per heavy atom. The molecule has 0 spiro atoms. The number of hydrogen-bond acceptors (Lipinski definition) is 4. The molecule has 0 aliphatic rings. The number of nitrogens with two attached hydrogens (primary N) is 1. The quantitative estimate of drug-likeness (QED) is 0.630. The van der Waals surface area contributed by atoms with Gasteiger partial charge in [0.1, 0.15) is 0 Å². The summed E-state index contributed by atoms with van der Waals surface area (Å²) < 4.78 is 20.7. The number of benzene rings is 1. The molecule has 1 heterocycles. The Bertz CT molecular complexity index is 541. The average Bonchev–Trinajstić information content (AvgIpc) is 2.79. The largest absolute Gasteiger partial charge is 0.494 e. The van der Waals surface area contributed by atoms with E-state index in [1.54, 1.807) is 42.3 Å². The number of hydrogen-bond donors (Lipinski definition) is 2. The van der Waals surface area contributed by atoms with Crippen LogP contribution in [0.1, 0.15) is 17.2 Å². The fraction of sp³-hybridized carbons (Fsp3) is 0.250. The molecule has 1 unspecified atom stereocenters. The summed E-state index contributed by atoms with van der Waals surface area (Å²) in [6.07, 6.45) is 3.42. The molecule has 0 aliphatic heterocycles. The second-order valence-electron chi connectivity index (χ2n) is 3.91. The highest BCUT2D eigenvalue weighted by molar-refractivity contribution is 5.37. The molecule has 2 rings (SSSR count). The minimum Gasteiger partial charge on any atom is -0.494 e. The number of aryl methyl sites for hydroxylation is 1. The zero-order valence-electron chi connectivity index (χ0n) is 10.2. The van der Waals surface area contributed by atoms with Crippen molar-refractivity contribution >= 4 is 0 Å². The van der Waals surface area contributed by atoms with E-state index in [4.69, 9.17) is 10.6 Å². The van der Waals surface area contributed by atoms with E-state index in [1.165, 1.54) is 7.11 Å². The molecule has 2 aromatic rings. The lowest BCUT2D eigenvalue weighted by Crippen LogP contribution is -2.29. The molecule has 1 atom stereocenters. The summed E-state index contributed by atoms with van der Waals surface area (Å²) in [4.78, 5) is 0. The minimum atomic E-state index is -0.464. The van der Waals surface area contributed by atoms with E-state index in [0.717, 1.165) is 5.56 Å². The molecule has 1 aromatic carbocycles. The molecule has 0 amide bonds. The third kappa shape index (κ3) is 2.20. The van der Waals surface area contributed by atoms with E-state index < -0.39 is 11.9 Å². The highest BCUT2D eigenvalue weighted by atomic mass is 19.1. The maximum Gasteiger partial charge on any atom is 0.170 e. The first kappa shape index (κ1) is 12.5. The highest BCUT2D eigenvalue weighted by Gasteiger charge is 2.20. The number of halogens is 1. The van der Waals surface area contributed by atoms with Gasteiger partial charge in [-0.15, -0.1) is 0 Å². The first-order chi connectivity index (χ1) is 8.67. The van der Waals surface area contributed by atoms with Gasteiger partial charge in [-0.05, 0) is 6.07 Å². The Labute approximate surface area is 104 Å². The number of nitrogens with one attached hydrogen (secondary N) is 1. The SMILES string of the molecule is COc1cccc(C(NN)c2cnn(C)c2)c1F. The van der Waals surface area contributed by atoms with Crippen LogP contribution in [0.5, 0.6) is 5.75 Å². The van der Waals surface area contributed by atoms with Crippen molar-refractivity contribution in [2.75, 3.05) is 7.11 Å². The third-order valence-corrected chi connectivity index (χ3v) is 2.75. The van der Waals surface area contributed by atoms with Crippen LogP contribution in [0.3, 0.4) is 0 Å². The summed E-state index contributed by atoms with van der Waals surface area (Å²) in [5, 5.41) is 4.05. The zero-order valence-corrected chi connectivity index (χ0v) is 10.2. The summed E-state index contributed by atoms with van der Waals surface area (Å²) in [5.41, 5.74) is 3.80. The normalized spacial score (nSPS) is 12.4. The Morgan fingerprint density at radius 3 is 2.83 bits per heavy atom. The molecule has 0 bridgehead atoms. The van der Waals surface area contributed by atoms with E-state index in [9.17, 15) is 4.39 Å². The number of ether oxygens (including phenoxy) is 1. The van der Waals surface area contributed by atoms with Crippen LogP contribution in [-0.4, -0.2) is 16.9 Å². The number of hydrazine groups is 1. The van der Waals surface area contributed by atoms with Gasteiger partial charge < -0.3 is 4.74 Å². The van der Waals surface area contributed by atoms with Gasteiger partial charge in [-0.3, -0.25) is 10.5 Å². The summed E-state index contributed by atoms with van der Waals surface area (Å²) in [6, 6.07) is 4.48. The molecule has 96 valence electrons. The first-order valence-corrected chi connectivity index (χ1v) is 5.44. The molecule has 0 radical (unpaired) electrons. The van der Waals surface area contributed by atoms with Crippen molar-refractivity contribution in [1.29, 1.82) is 0 Å². The molecule has 0 saturated carbocycles. The smallest absolute Gasteiger partial charge is 0.170 e. The van der Waals surface area contributed by atoms with Gasteiger partial charge in [0.2, 0.25) is 0 Å². The molecular formula is C12H15FN4O. The van der Waals surface area contributed by atoms with Crippen LogP contribution in [0, 0.1) is 5.82 Å². The van der Waals surface area contributed by atoms with E-state index >= 15 is 0 Å². The number of rotatable bonds is 4. The predicted octanol–water partition coefficient (Wildman–Crippen LogP) is 1.12. The fourth-order valence-electron chi connectivity index (χ4n) is 1.86. The van der Waals surface area contributed by atoms with Crippen LogP contribution < -0.4 is 16.0 Å². The molecule has 3 N–H and O–H groups in total. The molecule has 0 aliphatic carbocycles. The van der Waals surface area contributed by atoms with Crippen LogP contribution in [0.25, 0.3) is 0 Å². The van der Waals surface area contributed by atoms with Gasteiger partial charge in [-0.25, -0.2) is 9.82 Å². The molecule has 6 heteroatoms. The molecule has 0 fully saturated rings. The average molecular weight is 250 g/mol. The van der Waals surface area contributed by atoms with Crippen molar-refractivity contribution in [3.05, 3.63) is 47.5 Å². The van der Waals surface area contributed by atoms with Crippen LogP contribution in [0.15, 0.2) is 30.6 Å². The minimum absolute atomic E-state index is 0.191. The third-order valence-electron chi connectivity index (χ3n) is 2.75. The van der Waals surface area contributed by atoms with E-state index in [1.807, 2.05) is 0 Å². The summed E-state index contributed by atoms with van der Waals surface area (Å²) in [6.45, 7) is 0. The summed E-state index contributed by atoms with van der Waals surface area (Å²) in [7, 11) is 3.22. The molecule has 1 aromatic heterocycles. The maximum atomic E-state index is 14.2. The number of methoxy groups -OCH3 is 1. The Morgan fingerprint density at radius 2 is 2.28 bits per heavy atom. The second-order valence-corrected chi connectivity index (χ2v) is 3.91. The Kier molecular flexibility index (Phi) is 3.59. The molecular weight excluding hydrogens is 235 g/mol. The van der Waals surface area contributed by atoms with Gasteiger partial charge >= 0.3 is 0 Å². The Balaban J connectivity index is 2.45. The molecule has 18 heavy (non-hydrogen) atoms. The van der Waals surface area contributed by atoms with Crippen molar-refractivity contribution in [2.45, 2.75) is 6.04 Å². The predicted molar refractivity (Wildman–Crippen MR) is 65.3 cm³/mol.